The molecule has 0 N–H and O–H groups in total. The van der Waals surface area contributed by atoms with Gasteiger partial charge in [0.15, 0.2) is 11.5 Å². The van der Waals surface area contributed by atoms with Crippen LogP contribution in [0, 0.1) is 0 Å². The van der Waals surface area contributed by atoms with Gasteiger partial charge >= 0.3 is 18.8 Å². The van der Waals surface area contributed by atoms with Crippen LogP contribution in [0.3, 0.4) is 0 Å². The minimum Gasteiger partial charge on any atom is -0.428 e. The second-order valence-corrected chi connectivity index (χ2v) is 6.04. The molecule has 23 heavy (non-hydrogen) atoms. The van der Waals surface area contributed by atoms with Gasteiger partial charge in [-0.15, -0.1) is 0 Å². The average Bonchev–Trinajstić information content (AvgIpc) is 2.73. The van der Waals surface area contributed by atoms with E-state index in [0.29, 0.717) is 0 Å². The number of alkyl halides is 6. The standard InChI is InChI=1S/C14H14F6O3/c1-12(2,3)7-4-5-8-9(6-7)22-11(21-8)23-10(13(15,16)17)14(18,19)20/h4-6,10-11H,1-3H3. The molecular formula is C14H14F6O3. The monoisotopic (exact) mass is 344 g/mol. The summed E-state index contributed by atoms with van der Waals surface area (Å²) >= 11 is 0. The van der Waals surface area contributed by atoms with Gasteiger partial charge in [0.05, 0.1) is 0 Å². The van der Waals surface area contributed by atoms with Crippen LogP contribution in [0.25, 0.3) is 0 Å². The van der Waals surface area contributed by atoms with Gasteiger partial charge in [0.25, 0.3) is 6.10 Å². The molecule has 0 fully saturated rings. The maximum Gasteiger partial charge on any atom is 0.423 e. The highest BCUT2D eigenvalue weighted by molar-refractivity contribution is 5.46. The summed E-state index contributed by atoms with van der Waals surface area (Å²) in [6, 6.07) is 4.56. The van der Waals surface area contributed by atoms with Crippen molar-refractivity contribution in [1.82, 2.24) is 0 Å². The Balaban J connectivity index is 2.16. The molecule has 0 amide bonds. The van der Waals surface area contributed by atoms with Gasteiger partial charge in [-0.25, -0.2) is 0 Å². The lowest BCUT2D eigenvalue weighted by Crippen LogP contribution is -2.47. The fraction of sp³-hybridized carbons (Fsp3) is 0.571. The summed E-state index contributed by atoms with van der Waals surface area (Å²) < 4.78 is 88.5. The Morgan fingerprint density at radius 1 is 0.913 bits per heavy atom. The van der Waals surface area contributed by atoms with Crippen molar-refractivity contribution in [3.63, 3.8) is 0 Å². The molecule has 0 radical (unpaired) electrons. The topological polar surface area (TPSA) is 27.7 Å². The first-order chi connectivity index (χ1) is 10.3. The summed E-state index contributed by atoms with van der Waals surface area (Å²) in [6.07, 6.45) is -15.2. The molecule has 130 valence electrons. The summed E-state index contributed by atoms with van der Waals surface area (Å²) in [5, 5.41) is 0. The minimum atomic E-state index is -5.63. The lowest BCUT2D eigenvalue weighted by atomic mass is 9.87. The fourth-order valence-electron chi connectivity index (χ4n) is 1.90. The summed E-state index contributed by atoms with van der Waals surface area (Å²) in [6.45, 7) is 3.56. The molecule has 0 bridgehead atoms. The van der Waals surface area contributed by atoms with Crippen LogP contribution in [-0.2, 0) is 10.2 Å². The SMILES string of the molecule is CC(C)(C)c1ccc2c(c1)OC(OC(C(F)(F)F)C(F)(F)F)O2. The highest BCUT2D eigenvalue weighted by Crippen LogP contribution is 2.41. The molecule has 0 saturated heterocycles. The Hall–Kier alpha value is -1.64. The van der Waals surface area contributed by atoms with Gasteiger partial charge in [0.1, 0.15) is 0 Å². The average molecular weight is 344 g/mol. The number of ether oxygens (including phenoxy) is 3. The Morgan fingerprint density at radius 3 is 1.91 bits per heavy atom. The van der Waals surface area contributed by atoms with Gasteiger partial charge in [0, 0.05) is 0 Å². The van der Waals surface area contributed by atoms with E-state index < -0.39 is 24.9 Å². The second-order valence-electron chi connectivity index (χ2n) is 6.04. The van der Waals surface area contributed by atoms with Crippen molar-refractivity contribution in [3.8, 4) is 11.5 Å². The second kappa shape index (κ2) is 5.47. The van der Waals surface area contributed by atoms with Crippen molar-refractivity contribution in [2.45, 2.75) is 51.1 Å². The smallest absolute Gasteiger partial charge is 0.423 e. The molecule has 1 atom stereocenters. The number of hydrogen-bond acceptors (Lipinski definition) is 3. The van der Waals surface area contributed by atoms with E-state index in [4.69, 9.17) is 9.47 Å². The number of fused-ring (bicyclic) bond motifs is 1. The largest absolute Gasteiger partial charge is 0.428 e. The normalized spacial score (nSPS) is 18.6. The van der Waals surface area contributed by atoms with E-state index >= 15 is 0 Å². The zero-order valence-corrected chi connectivity index (χ0v) is 12.4. The maximum atomic E-state index is 12.5. The van der Waals surface area contributed by atoms with Crippen LogP contribution >= 0.6 is 0 Å². The van der Waals surface area contributed by atoms with E-state index in [1.165, 1.54) is 12.1 Å². The number of hydrogen-bond donors (Lipinski definition) is 0. The van der Waals surface area contributed by atoms with Gasteiger partial charge in [0.2, 0.25) is 0 Å². The van der Waals surface area contributed by atoms with Crippen LogP contribution < -0.4 is 9.47 Å². The first-order valence-electron chi connectivity index (χ1n) is 6.55. The maximum absolute atomic E-state index is 12.5. The molecule has 9 heteroatoms. The number of rotatable bonds is 2. The van der Waals surface area contributed by atoms with Crippen molar-refractivity contribution < 1.29 is 40.6 Å². The van der Waals surface area contributed by atoms with Crippen LogP contribution in [0.15, 0.2) is 18.2 Å². The molecule has 1 aliphatic rings. The molecule has 1 aliphatic heterocycles. The number of halogens is 6. The van der Waals surface area contributed by atoms with Crippen LogP contribution in [0.1, 0.15) is 26.3 Å². The lowest BCUT2D eigenvalue weighted by Gasteiger charge is -2.24. The molecule has 0 aromatic heterocycles. The molecule has 0 spiro atoms. The van der Waals surface area contributed by atoms with Gasteiger partial charge < -0.3 is 9.47 Å². The molecule has 1 heterocycles. The van der Waals surface area contributed by atoms with Crippen LogP contribution in [0.2, 0.25) is 0 Å². The van der Waals surface area contributed by atoms with Crippen molar-refractivity contribution in [3.05, 3.63) is 23.8 Å². The molecular weight excluding hydrogens is 330 g/mol. The third-order valence-electron chi connectivity index (χ3n) is 3.10. The summed E-state index contributed by atoms with van der Waals surface area (Å²) in [5.74, 6) is 0.0524. The van der Waals surface area contributed by atoms with Crippen LogP contribution in [0.5, 0.6) is 11.5 Å². The number of benzene rings is 1. The van der Waals surface area contributed by atoms with Crippen molar-refractivity contribution in [2.24, 2.45) is 0 Å². The zero-order chi connectivity index (χ0) is 17.6. The van der Waals surface area contributed by atoms with Crippen LogP contribution in [0.4, 0.5) is 26.3 Å². The molecule has 1 aromatic carbocycles. The highest BCUT2D eigenvalue weighted by atomic mass is 19.4. The van der Waals surface area contributed by atoms with Crippen molar-refractivity contribution >= 4 is 0 Å². The third kappa shape index (κ3) is 4.01. The molecule has 1 aromatic rings. The predicted molar refractivity (Wildman–Crippen MR) is 67.2 cm³/mol. The Kier molecular flexibility index (Phi) is 4.21. The predicted octanol–water partition coefficient (Wildman–Crippen LogP) is 4.55. The summed E-state index contributed by atoms with van der Waals surface area (Å²) in [4.78, 5) is 0. The van der Waals surface area contributed by atoms with E-state index in [1.807, 2.05) is 20.8 Å². The molecule has 3 nitrogen and oxygen atoms in total. The van der Waals surface area contributed by atoms with Crippen LogP contribution in [-0.4, -0.2) is 24.9 Å². The van der Waals surface area contributed by atoms with E-state index in [0.717, 1.165) is 5.56 Å². The molecule has 0 saturated carbocycles. The third-order valence-corrected chi connectivity index (χ3v) is 3.10. The van der Waals surface area contributed by atoms with E-state index in [-0.39, 0.29) is 16.9 Å². The Labute approximate surface area is 128 Å². The van der Waals surface area contributed by atoms with E-state index in [1.54, 1.807) is 6.07 Å². The quantitative estimate of drug-likeness (QED) is 0.737. The van der Waals surface area contributed by atoms with Crippen molar-refractivity contribution in [1.29, 1.82) is 0 Å². The molecule has 1 unspecified atom stereocenters. The Morgan fingerprint density at radius 2 is 1.43 bits per heavy atom. The highest BCUT2D eigenvalue weighted by Gasteiger charge is 2.59. The first kappa shape index (κ1) is 17.7. The molecule has 2 rings (SSSR count). The van der Waals surface area contributed by atoms with E-state index in [2.05, 4.69) is 4.74 Å². The van der Waals surface area contributed by atoms with Gasteiger partial charge in [-0.2, -0.15) is 26.3 Å². The van der Waals surface area contributed by atoms with Gasteiger partial charge in [-0.1, -0.05) is 26.8 Å². The summed E-state index contributed by atoms with van der Waals surface area (Å²) in [5.41, 5.74) is 0.501. The fourth-order valence-corrected chi connectivity index (χ4v) is 1.90. The molecule has 0 aliphatic carbocycles. The van der Waals surface area contributed by atoms with Gasteiger partial charge in [-0.3, -0.25) is 4.74 Å². The summed E-state index contributed by atoms with van der Waals surface area (Å²) in [7, 11) is 0. The lowest BCUT2D eigenvalue weighted by molar-refractivity contribution is -0.364. The first-order valence-corrected chi connectivity index (χ1v) is 6.55. The zero-order valence-electron chi connectivity index (χ0n) is 12.4. The van der Waals surface area contributed by atoms with Crippen molar-refractivity contribution in [2.75, 3.05) is 0 Å². The van der Waals surface area contributed by atoms with Gasteiger partial charge in [-0.05, 0) is 23.1 Å². The van der Waals surface area contributed by atoms with E-state index in [9.17, 15) is 26.3 Å². The minimum absolute atomic E-state index is 0.0195. The Bertz CT molecular complexity index is 559.